The summed E-state index contributed by atoms with van der Waals surface area (Å²) in [6.45, 7) is 0. The Hall–Kier alpha value is -5.46. The highest BCUT2D eigenvalue weighted by molar-refractivity contribution is 6.15. The van der Waals surface area contributed by atoms with Gasteiger partial charge < -0.3 is 0 Å². The Bertz CT molecular complexity index is 2210. The molecule has 0 unspecified atom stereocenters. The van der Waals surface area contributed by atoms with Gasteiger partial charge in [0.1, 0.15) is 0 Å². The fourth-order valence-corrected chi connectivity index (χ4v) is 6.33. The molecule has 0 N–H and O–H groups in total. The van der Waals surface area contributed by atoms with E-state index in [1.807, 2.05) is 0 Å². The van der Waals surface area contributed by atoms with E-state index in [1.54, 1.807) is 0 Å². The minimum absolute atomic E-state index is 1.23. The van der Waals surface area contributed by atoms with E-state index >= 15 is 0 Å². The number of benzene rings is 8. The van der Waals surface area contributed by atoms with Crippen LogP contribution in [0, 0.1) is 0 Å². The van der Waals surface area contributed by atoms with Crippen molar-refractivity contribution in [3.8, 4) is 44.5 Å². The van der Waals surface area contributed by atoms with Crippen LogP contribution in [0.15, 0.2) is 170 Å². The first-order valence-corrected chi connectivity index (χ1v) is 14.5. The van der Waals surface area contributed by atoms with Gasteiger partial charge in [0.15, 0.2) is 0 Å². The molecule has 0 fully saturated rings. The average molecular weight is 533 g/mol. The van der Waals surface area contributed by atoms with E-state index in [-0.39, 0.29) is 0 Å². The maximum atomic E-state index is 2.40. The largest absolute Gasteiger partial charge is 0.0622 e. The van der Waals surface area contributed by atoms with Crippen LogP contribution >= 0.6 is 0 Å². The van der Waals surface area contributed by atoms with E-state index in [0.717, 1.165) is 0 Å². The molecule has 196 valence electrons. The van der Waals surface area contributed by atoms with Crippen LogP contribution in [0.25, 0.3) is 76.8 Å². The molecule has 0 saturated heterocycles. The van der Waals surface area contributed by atoms with Gasteiger partial charge in [-0.25, -0.2) is 0 Å². The second-order valence-electron chi connectivity index (χ2n) is 11.0. The Morgan fingerprint density at radius 2 is 0.690 bits per heavy atom. The second-order valence-corrected chi connectivity index (χ2v) is 11.0. The molecular formula is C42H28. The van der Waals surface area contributed by atoms with Gasteiger partial charge in [0.2, 0.25) is 0 Å². The summed E-state index contributed by atoms with van der Waals surface area (Å²) in [5.74, 6) is 0. The summed E-state index contributed by atoms with van der Waals surface area (Å²) in [5, 5.41) is 7.58. The molecule has 0 amide bonds. The molecule has 8 aromatic rings. The smallest absolute Gasteiger partial charge is 0.00928 e. The number of hydrogen-bond acceptors (Lipinski definition) is 0. The van der Waals surface area contributed by atoms with E-state index in [4.69, 9.17) is 0 Å². The first-order chi connectivity index (χ1) is 20.8. The predicted molar refractivity (Wildman–Crippen MR) is 181 cm³/mol. The Morgan fingerprint density at radius 3 is 1.33 bits per heavy atom. The van der Waals surface area contributed by atoms with E-state index in [2.05, 4.69) is 170 Å². The lowest BCUT2D eigenvalue weighted by Crippen LogP contribution is -1.90. The molecule has 42 heavy (non-hydrogen) atoms. The Kier molecular flexibility index (Phi) is 5.90. The van der Waals surface area contributed by atoms with Crippen LogP contribution in [0.5, 0.6) is 0 Å². The van der Waals surface area contributed by atoms with Crippen LogP contribution in [0.1, 0.15) is 0 Å². The lowest BCUT2D eigenvalue weighted by atomic mass is 9.87. The van der Waals surface area contributed by atoms with Gasteiger partial charge in [0.25, 0.3) is 0 Å². The SMILES string of the molecule is c1ccc(-c2ccc3c(c2)cc(-c2ccccc2)c2cc(-c4cc5ccccc5cc4-c4ccccc4)ccc23)cc1. The summed E-state index contributed by atoms with van der Waals surface area (Å²) in [6, 6.07) is 61.8. The molecule has 0 spiro atoms. The molecular weight excluding hydrogens is 504 g/mol. The van der Waals surface area contributed by atoms with E-state index < -0.39 is 0 Å². The van der Waals surface area contributed by atoms with Crippen molar-refractivity contribution in [2.45, 2.75) is 0 Å². The van der Waals surface area contributed by atoms with Crippen LogP contribution in [-0.2, 0) is 0 Å². The summed E-state index contributed by atoms with van der Waals surface area (Å²) in [5.41, 5.74) is 9.92. The molecule has 0 saturated carbocycles. The van der Waals surface area contributed by atoms with Gasteiger partial charge in [-0.05, 0) is 107 Å². The van der Waals surface area contributed by atoms with Gasteiger partial charge in [-0.15, -0.1) is 0 Å². The number of fused-ring (bicyclic) bond motifs is 4. The third-order valence-electron chi connectivity index (χ3n) is 8.42. The molecule has 0 nitrogen and oxygen atoms in total. The van der Waals surface area contributed by atoms with Crippen molar-refractivity contribution in [2.75, 3.05) is 0 Å². The van der Waals surface area contributed by atoms with Gasteiger partial charge in [0, 0.05) is 0 Å². The number of rotatable bonds is 4. The molecule has 0 radical (unpaired) electrons. The molecule has 0 atom stereocenters. The van der Waals surface area contributed by atoms with Crippen LogP contribution < -0.4 is 0 Å². The molecule has 8 aromatic carbocycles. The molecule has 8 rings (SSSR count). The minimum atomic E-state index is 1.23. The van der Waals surface area contributed by atoms with Crippen molar-refractivity contribution in [3.63, 3.8) is 0 Å². The van der Waals surface area contributed by atoms with E-state index in [0.29, 0.717) is 0 Å². The topological polar surface area (TPSA) is 0 Å². The molecule has 0 heterocycles. The van der Waals surface area contributed by atoms with Gasteiger partial charge in [-0.1, -0.05) is 140 Å². The van der Waals surface area contributed by atoms with E-state index in [9.17, 15) is 0 Å². The number of hydrogen-bond donors (Lipinski definition) is 0. The fourth-order valence-electron chi connectivity index (χ4n) is 6.33. The van der Waals surface area contributed by atoms with Crippen molar-refractivity contribution in [1.29, 1.82) is 0 Å². The van der Waals surface area contributed by atoms with Gasteiger partial charge in [0.05, 0.1) is 0 Å². The zero-order valence-electron chi connectivity index (χ0n) is 23.2. The first kappa shape index (κ1) is 24.3. The van der Waals surface area contributed by atoms with Gasteiger partial charge in [-0.3, -0.25) is 0 Å². The maximum Gasteiger partial charge on any atom is -0.00928 e. The van der Waals surface area contributed by atoms with E-state index in [1.165, 1.54) is 76.8 Å². The predicted octanol–water partition coefficient (Wildman–Crippen LogP) is 11.8. The highest BCUT2D eigenvalue weighted by atomic mass is 14.2. The third kappa shape index (κ3) is 4.26. The molecule has 0 aromatic heterocycles. The summed E-state index contributed by atoms with van der Waals surface area (Å²) < 4.78 is 0. The average Bonchev–Trinajstić information content (AvgIpc) is 3.08. The van der Waals surface area contributed by atoms with Crippen molar-refractivity contribution in [1.82, 2.24) is 0 Å². The summed E-state index contributed by atoms with van der Waals surface area (Å²) in [4.78, 5) is 0. The Morgan fingerprint density at radius 1 is 0.214 bits per heavy atom. The van der Waals surface area contributed by atoms with Crippen molar-refractivity contribution >= 4 is 32.3 Å². The van der Waals surface area contributed by atoms with Gasteiger partial charge >= 0.3 is 0 Å². The van der Waals surface area contributed by atoms with Crippen molar-refractivity contribution in [2.24, 2.45) is 0 Å². The Balaban J connectivity index is 1.40. The monoisotopic (exact) mass is 532 g/mol. The standard InChI is InChI=1S/C42H28/c1-4-12-29(13-5-1)34-20-22-37-36(24-34)28-40(31-16-8-3-9-17-31)42-27-35(21-23-38(37)42)41-26-33-19-11-10-18-32(33)25-39(41)30-14-6-2-7-15-30/h1-28H. The zero-order valence-corrected chi connectivity index (χ0v) is 23.2. The molecule has 0 aliphatic carbocycles. The summed E-state index contributed by atoms with van der Waals surface area (Å²) in [6.07, 6.45) is 0. The van der Waals surface area contributed by atoms with Crippen LogP contribution in [0.3, 0.4) is 0 Å². The van der Waals surface area contributed by atoms with Crippen LogP contribution in [0.2, 0.25) is 0 Å². The molecule has 0 bridgehead atoms. The highest BCUT2D eigenvalue weighted by Crippen LogP contribution is 2.41. The molecule has 0 aliphatic rings. The minimum Gasteiger partial charge on any atom is -0.0622 e. The third-order valence-corrected chi connectivity index (χ3v) is 8.42. The first-order valence-electron chi connectivity index (χ1n) is 14.5. The van der Waals surface area contributed by atoms with Crippen LogP contribution in [0.4, 0.5) is 0 Å². The van der Waals surface area contributed by atoms with Crippen LogP contribution in [-0.4, -0.2) is 0 Å². The van der Waals surface area contributed by atoms with Crippen molar-refractivity contribution in [3.05, 3.63) is 170 Å². The van der Waals surface area contributed by atoms with Crippen molar-refractivity contribution < 1.29 is 0 Å². The Labute approximate surface area is 246 Å². The zero-order chi connectivity index (χ0) is 27.9. The maximum absolute atomic E-state index is 2.40. The lowest BCUT2D eigenvalue weighted by molar-refractivity contribution is 1.61. The highest BCUT2D eigenvalue weighted by Gasteiger charge is 2.14. The normalized spacial score (nSPS) is 11.3. The summed E-state index contributed by atoms with van der Waals surface area (Å²) >= 11 is 0. The summed E-state index contributed by atoms with van der Waals surface area (Å²) in [7, 11) is 0. The fraction of sp³-hybridized carbons (Fsp3) is 0. The molecule has 0 heteroatoms. The van der Waals surface area contributed by atoms with Gasteiger partial charge in [-0.2, -0.15) is 0 Å². The quantitative estimate of drug-likeness (QED) is 0.198. The lowest BCUT2D eigenvalue weighted by Gasteiger charge is -2.16. The molecule has 0 aliphatic heterocycles. The second kappa shape index (κ2) is 10.2.